The lowest BCUT2D eigenvalue weighted by Crippen LogP contribution is -2.39. The van der Waals surface area contributed by atoms with Crippen LogP contribution in [0.1, 0.15) is 45.6 Å². The zero-order valence-corrected chi connectivity index (χ0v) is 12.3. The van der Waals surface area contributed by atoms with Gasteiger partial charge in [-0.25, -0.2) is 0 Å². The summed E-state index contributed by atoms with van der Waals surface area (Å²) in [6, 6.07) is 9.44. The Morgan fingerprint density at radius 1 is 1.28 bits per heavy atom. The minimum absolute atomic E-state index is 0.235. The van der Waals surface area contributed by atoms with E-state index in [9.17, 15) is 0 Å². The van der Waals surface area contributed by atoms with Gasteiger partial charge in [0.05, 0.1) is 0 Å². The second-order valence-corrected chi connectivity index (χ2v) is 6.33. The lowest BCUT2D eigenvalue weighted by atomic mass is 9.96. The Labute approximate surface area is 111 Å². The van der Waals surface area contributed by atoms with Gasteiger partial charge in [0.1, 0.15) is 0 Å². The Kier molecular flexibility index (Phi) is 3.67. The lowest BCUT2D eigenvalue weighted by molar-refractivity contribution is 0.486. The Balaban J connectivity index is 2.37. The van der Waals surface area contributed by atoms with Gasteiger partial charge < -0.3 is 10.2 Å². The molecule has 0 spiro atoms. The molecule has 18 heavy (non-hydrogen) atoms. The number of likely N-dealkylation sites (N-methyl/N-ethyl adjacent to an activating group) is 1. The van der Waals surface area contributed by atoms with E-state index in [1.165, 1.54) is 17.7 Å². The molecule has 1 atom stereocenters. The zero-order valence-electron chi connectivity index (χ0n) is 12.3. The fourth-order valence-corrected chi connectivity index (χ4v) is 3.08. The molecule has 0 radical (unpaired) electrons. The van der Waals surface area contributed by atoms with Gasteiger partial charge in [-0.05, 0) is 44.9 Å². The molecule has 1 aliphatic rings. The number of nitrogens with one attached hydrogen (secondary N) is 1. The van der Waals surface area contributed by atoms with Crippen molar-refractivity contribution in [2.75, 3.05) is 18.5 Å². The molecule has 0 saturated carbocycles. The molecule has 0 aromatic heterocycles. The fourth-order valence-electron chi connectivity index (χ4n) is 3.08. The SMILES string of the molecule is CNC1CN(c2ccccc2C(C)C)C(C)(C)C1. The van der Waals surface area contributed by atoms with Crippen LogP contribution in [0.3, 0.4) is 0 Å². The first-order chi connectivity index (χ1) is 8.45. The van der Waals surface area contributed by atoms with Crippen molar-refractivity contribution in [2.24, 2.45) is 0 Å². The monoisotopic (exact) mass is 246 g/mol. The van der Waals surface area contributed by atoms with Gasteiger partial charge in [0.2, 0.25) is 0 Å². The Hall–Kier alpha value is -1.02. The summed E-state index contributed by atoms with van der Waals surface area (Å²) in [5, 5.41) is 3.43. The second kappa shape index (κ2) is 4.93. The molecule has 1 aromatic carbocycles. The minimum Gasteiger partial charge on any atom is -0.365 e. The third kappa shape index (κ3) is 2.39. The Morgan fingerprint density at radius 3 is 2.50 bits per heavy atom. The van der Waals surface area contributed by atoms with E-state index in [1.54, 1.807) is 0 Å². The Bertz CT molecular complexity index is 409. The van der Waals surface area contributed by atoms with Gasteiger partial charge in [0.15, 0.2) is 0 Å². The van der Waals surface area contributed by atoms with Crippen LogP contribution in [0, 0.1) is 0 Å². The lowest BCUT2D eigenvalue weighted by Gasteiger charge is -2.35. The van der Waals surface area contributed by atoms with Crippen molar-refractivity contribution < 1.29 is 0 Å². The van der Waals surface area contributed by atoms with Gasteiger partial charge >= 0.3 is 0 Å². The molecule has 1 aromatic rings. The van der Waals surface area contributed by atoms with E-state index < -0.39 is 0 Å². The average Bonchev–Trinajstić information content (AvgIpc) is 2.64. The van der Waals surface area contributed by atoms with Crippen molar-refractivity contribution in [3.8, 4) is 0 Å². The van der Waals surface area contributed by atoms with Gasteiger partial charge in [0, 0.05) is 23.8 Å². The predicted molar refractivity (Wildman–Crippen MR) is 79.4 cm³/mol. The highest BCUT2D eigenvalue weighted by molar-refractivity contribution is 5.58. The highest BCUT2D eigenvalue weighted by Gasteiger charge is 2.38. The van der Waals surface area contributed by atoms with Crippen LogP contribution < -0.4 is 10.2 Å². The molecule has 0 aliphatic carbocycles. The summed E-state index contributed by atoms with van der Waals surface area (Å²) in [6.07, 6.45) is 1.20. The van der Waals surface area contributed by atoms with Crippen molar-refractivity contribution in [1.29, 1.82) is 0 Å². The Morgan fingerprint density at radius 2 is 1.94 bits per heavy atom. The first kappa shape index (κ1) is 13.4. The number of benzene rings is 1. The van der Waals surface area contributed by atoms with Crippen LogP contribution in [0.2, 0.25) is 0 Å². The molecule has 0 bridgehead atoms. The maximum atomic E-state index is 3.43. The van der Waals surface area contributed by atoms with E-state index in [1.807, 2.05) is 0 Å². The van der Waals surface area contributed by atoms with Crippen LogP contribution >= 0.6 is 0 Å². The van der Waals surface area contributed by atoms with E-state index in [-0.39, 0.29) is 5.54 Å². The topological polar surface area (TPSA) is 15.3 Å². The van der Waals surface area contributed by atoms with Gasteiger partial charge in [-0.1, -0.05) is 32.0 Å². The molecule has 2 heteroatoms. The summed E-state index contributed by atoms with van der Waals surface area (Å²) in [7, 11) is 2.07. The van der Waals surface area contributed by atoms with Crippen molar-refractivity contribution in [3.05, 3.63) is 29.8 Å². The van der Waals surface area contributed by atoms with Gasteiger partial charge in [0.25, 0.3) is 0 Å². The van der Waals surface area contributed by atoms with Crippen LogP contribution in [0.4, 0.5) is 5.69 Å². The quantitative estimate of drug-likeness (QED) is 0.879. The van der Waals surface area contributed by atoms with Crippen LogP contribution in [0.15, 0.2) is 24.3 Å². The normalized spacial score (nSPS) is 22.8. The summed E-state index contributed by atoms with van der Waals surface area (Å²) >= 11 is 0. The molecule has 2 nitrogen and oxygen atoms in total. The summed E-state index contributed by atoms with van der Waals surface area (Å²) in [5.41, 5.74) is 3.11. The first-order valence-corrected chi connectivity index (χ1v) is 6.99. The molecular formula is C16H26N2. The number of rotatable bonds is 3. The molecule has 0 amide bonds. The van der Waals surface area contributed by atoms with Gasteiger partial charge in [-0.15, -0.1) is 0 Å². The molecule has 1 saturated heterocycles. The summed E-state index contributed by atoms with van der Waals surface area (Å²) in [6.45, 7) is 10.4. The minimum atomic E-state index is 0.235. The molecule has 1 fully saturated rings. The number of hydrogen-bond donors (Lipinski definition) is 1. The standard InChI is InChI=1S/C16H26N2/c1-12(2)14-8-6-7-9-15(14)18-11-13(17-5)10-16(18,3)4/h6-9,12-13,17H,10-11H2,1-5H3. The van der Waals surface area contributed by atoms with E-state index in [0.717, 1.165) is 6.54 Å². The number of anilines is 1. The van der Waals surface area contributed by atoms with Crippen LogP contribution in [-0.4, -0.2) is 25.2 Å². The van der Waals surface area contributed by atoms with Crippen molar-refractivity contribution in [1.82, 2.24) is 5.32 Å². The second-order valence-electron chi connectivity index (χ2n) is 6.33. The van der Waals surface area contributed by atoms with Crippen LogP contribution in [0.25, 0.3) is 0 Å². The zero-order chi connectivity index (χ0) is 13.3. The average molecular weight is 246 g/mol. The fraction of sp³-hybridized carbons (Fsp3) is 0.625. The molecule has 1 heterocycles. The largest absolute Gasteiger partial charge is 0.365 e. The highest BCUT2D eigenvalue weighted by Crippen LogP contribution is 2.37. The smallest absolute Gasteiger partial charge is 0.0406 e. The van der Waals surface area contributed by atoms with Gasteiger partial charge in [-0.3, -0.25) is 0 Å². The summed E-state index contributed by atoms with van der Waals surface area (Å²) in [4.78, 5) is 2.57. The number of para-hydroxylation sites is 1. The number of nitrogens with zero attached hydrogens (tertiary/aromatic N) is 1. The molecule has 1 aliphatic heterocycles. The van der Waals surface area contributed by atoms with Crippen LogP contribution in [-0.2, 0) is 0 Å². The van der Waals surface area contributed by atoms with E-state index in [0.29, 0.717) is 12.0 Å². The summed E-state index contributed by atoms with van der Waals surface area (Å²) in [5.74, 6) is 0.575. The van der Waals surface area contributed by atoms with Crippen molar-refractivity contribution >= 4 is 5.69 Å². The van der Waals surface area contributed by atoms with Crippen molar-refractivity contribution in [2.45, 2.75) is 51.6 Å². The molecule has 2 rings (SSSR count). The molecule has 100 valence electrons. The van der Waals surface area contributed by atoms with E-state index >= 15 is 0 Å². The molecule has 1 N–H and O–H groups in total. The van der Waals surface area contributed by atoms with E-state index in [4.69, 9.17) is 0 Å². The molecule has 1 unspecified atom stereocenters. The first-order valence-electron chi connectivity index (χ1n) is 6.99. The maximum Gasteiger partial charge on any atom is 0.0406 e. The summed E-state index contributed by atoms with van der Waals surface area (Å²) < 4.78 is 0. The predicted octanol–water partition coefficient (Wildman–Crippen LogP) is 3.39. The molecular weight excluding hydrogens is 220 g/mol. The van der Waals surface area contributed by atoms with Gasteiger partial charge in [-0.2, -0.15) is 0 Å². The van der Waals surface area contributed by atoms with Crippen LogP contribution in [0.5, 0.6) is 0 Å². The van der Waals surface area contributed by atoms with E-state index in [2.05, 4.69) is 69.2 Å². The number of hydrogen-bond acceptors (Lipinski definition) is 2. The third-order valence-corrected chi connectivity index (χ3v) is 4.14. The maximum absolute atomic E-state index is 3.43. The van der Waals surface area contributed by atoms with Crippen molar-refractivity contribution in [3.63, 3.8) is 0 Å². The highest BCUT2D eigenvalue weighted by atomic mass is 15.2. The third-order valence-electron chi connectivity index (χ3n) is 4.14.